The van der Waals surface area contributed by atoms with E-state index in [4.69, 9.17) is 4.74 Å². The van der Waals surface area contributed by atoms with E-state index in [2.05, 4.69) is 12.0 Å². The Bertz CT molecular complexity index is 997. The molecule has 7 nitrogen and oxygen atoms in total. The average Bonchev–Trinajstić information content (AvgIpc) is 3.19. The van der Waals surface area contributed by atoms with Crippen LogP contribution in [0.3, 0.4) is 0 Å². The van der Waals surface area contributed by atoms with Gasteiger partial charge in [0.1, 0.15) is 5.75 Å². The van der Waals surface area contributed by atoms with Gasteiger partial charge < -0.3 is 9.64 Å². The van der Waals surface area contributed by atoms with Crippen molar-refractivity contribution in [3.63, 3.8) is 0 Å². The Hall–Kier alpha value is -2.35. The highest BCUT2D eigenvalue weighted by molar-refractivity contribution is 7.91. The van der Waals surface area contributed by atoms with Gasteiger partial charge in [0, 0.05) is 24.8 Å². The van der Waals surface area contributed by atoms with Crippen molar-refractivity contribution in [1.29, 1.82) is 0 Å². The standard InChI is InChI=1S/C21H29N3O4S/c1-5-17-8-6-7-9-20(17)28-13-21(25)23(4)12-19-15(2)22-24(16(19)3)18-10-11-29(26,27)14-18/h6-9,18H,5,10-14H2,1-4H3/t18-/m1/s1. The Kier molecular flexibility index (Phi) is 6.31. The molecular formula is C21H29N3O4S. The van der Waals surface area contributed by atoms with Gasteiger partial charge in [0.05, 0.1) is 23.2 Å². The lowest BCUT2D eigenvalue weighted by atomic mass is 10.1. The first-order valence-corrected chi connectivity index (χ1v) is 11.7. The minimum absolute atomic E-state index is 0.0272. The molecule has 0 aliphatic carbocycles. The third-order valence-electron chi connectivity index (χ3n) is 5.55. The zero-order chi connectivity index (χ0) is 21.2. The molecule has 1 aromatic carbocycles. The van der Waals surface area contributed by atoms with Crippen LogP contribution in [-0.2, 0) is 27.6 Å². The summed E-state index contributed by atoms with van der Waals surface area (Å²) in [4.78, 5) is 14.2. The topological polar surface area (TPSA) is 81.5 Å². The quantitative estimate of drug-likeness (QED) is 0.689. The van der Waals surface area contributed by atoms with Gasteiger partial charge in [-0.25, -0.2) is 8.42 Å². The SMILES string of the molecule is CCc1ccccc1OCC(=O)N(C)Cc1c(C)nn([C@@H]2CCS(=O)(=O)C2)c1C. The fourth-order valence-corrected chi connectivity index (χ4v) is 5.45. The molecule has 0 spiro atoms. The molecule has 1 atom stereocenters. The van der Waals surface area contributed by atoms with E-state index in [0.717, 1.165) is 34.7 Å². The summed E-state index contributed by atoms with van der Waals surface area (Å²) in [7, 11) is -1.24. The van der Waals surface area contributed by atoms with Crippen LogP contribution in [0, 0.1) is 13.8 Å². The van der Waals surface area contributed by atoms with Crippen LogP contribution in [0.5, 0.6) is 5.75 Å². The van der Waals surface area contributed by atoms with Crippen LogP contribution in [0.15, 0.2) is 24.3 Å². The van der Waals surface area contributed by atoms with Gasteiger partial charge in [-0.05, 0) is 38.3 Å². The molecule has 2 heterocycles. The lowest BCUT2D eigenvalue weighted by Gasteiger charge is -2.19. The van der Waals surface area contributed by atoms with Crippen molar-refractivity contribution in [3.8, 4) is 5.75 Å². The first kappa shape index (κ1) is 21.4. The third kappa shape index (κ3) is 4.80. The van der Waals surface area contributed by atoms with Crippen LogP contribution in [-0.4, -0.2) is 54.2 Å². The Labute approximate surface area is 172 Å². The first-order valence-electron chi connectivity index (χ1n) is 9.91. The van der Waals surface area contributed by atoms with Gasteiger partial charge in [-0.15, -0.1) is 0 Å². The van der Waals surface area contributed by atoms with Crippen LogP contribution in [0.4, 0.5) is 0 Å². The van der Waals surface area contributed by atoms with Crippen LogP contribution in [0.1, 0.15) is 41.9 Å². The molecule has 1 amide bonds. The molecule has 2 aromatic rings. The van der Waals surface area contributed by atoms with Gasteiger partial charge in [0.25, 0.3) is 5.91 Å². The number of hydrogen-bond donors (Lipinski definition) is 0. The fourth-order valence-electron chi connectivity index (χ4n) is 3.76. The average molecular weight is 420 g/mol. The van der Waals surface area contributed by atoms with Crippen molar-refractivity contribution in [2.45, 2.75) is 46.2 Å². The van der Waals surface area contributed by atoms with Gasteiger partial charge >= 0.3 is 0 Å². The summed E-state index contributed by atoms with van der Waals surface area (Å²) in [5.74, 6) is 0.957. The fraction of sp³-hybridized carbons (Fsp3) is 0.524. The van der Waals surface area contributed by atoms with Crippen molar-refractivity contribution < 1.29 is 17.9 Å². The number of carbonyl (C=O) groups is 1. The number of aryl methyl sites for hydroxylation is 2. The normalized spacial score (nSPS) is 18.0. The molecule has 29 heavy (non-hydrogen) atoms. The predicted molar refractivity (Wildman–Crippen MR) is 112 cm³/mol. The molecule has 0 N–H and O–H groups in total. The number of hydrogen-bond acceptors (Lipinski definition) is 5. The molecule has 3 rings (SSSR count). The second-order valence-corrected chi connectivity index (χ2v) is 9.88. The summed E-state index contributed by atoms with van der Waals surface area (Å²) in [5.41, 5.74) is 3.77. The van der Waals surface area contributed by atoms with Gasteiger partial charge in [0.15, 0.2) is 16.4 Å². The molecule has 1 aliphatic heterocycles. The zero-order valence-corrected chi connectivity index (χ0v) is 18.3. The number of aromatic nitrogens is 2. The second-order valence-electron chi connectivity index (χ2n) is 7.65. The summed E-state index contributed by atoms with van der Waals surface area (Å²) in [5, 5.41) is 4.57. The van der Waals surface area contributed by atoms with Gasteiger partial charge in [-0.2, -0.15) is 5.10 Å². The third-order valence-corrected chi connectivity index (χ3v) is 7.31. The molecule has 1 aliphatic rings. The lowest BCUT2D eigenvalue weighted by Crippen LogP contribution is -2.31. The number of benzene rings is 1. The summed E-state index contributed by atoms with van der Waals surface area (Å²) >= 11 is 0. The van der Waals surface area contributed by atoms with Crippen molar-refractivity contribution in [1.82, 2.24) is 14.7 Å². The maximum Gasteiger partial charge on any atom is 0.260 e. The number of nitrogens with zero attached hydrogens (tertiary/aromatic N) is 3. The summed E-state index contributed by atoms with van der Waals surface area (Å²) in [6, 6.07) is 7.60. The Morgan fingerprint density at radius 3 is 2.69 bits per heavy atom. The lowest BCUT2D eigenvalue weighted by molar-refractivity contribution is -0.132. The largest absolute Gasteiger partial charge is 0.483 e. The predicted octanol–water partition coefficient (Wildman–Crippen LogP) is 2.46. The van der Waals surface area contributed by atoms with Gasteiger partial charge in [-0.3, -0.25) is 9.48 Å². The van der Waals surface area contributed by atoms with E-state index in [1.165, 1.54) is 0 Å². The number of sulfone groups is 1. The summed E-state index contributed by atoms with van der Waals surface area (Å²) in [6.07, 6.45) is 1.43. The molecule has 1 saturated heterocycles. The van der Waals surface area contributed by atoms with Crippen LogP contribution in [0.25, 0.3) is 0 Å². The van der Waals surface area contributed by atoms with Crippen molar-refractivity contribution >= 4 is 15.7 Å². The molecule has 8 heteroatoms. The number of carbonyl (C=O) groups excluding carboxylic acids is 1. The summed E-state index contributed by atoms with van der Waals surface area (Å²) < 4.78 is 31.2. The Morgan fingerprint density at radius 2 is 2.03 bits per heavy atom. The molecule has 158 valence electrons. The zero-order valence-electron chi connectivity index (χ0n) is 17.5. The minimum atomic E-state index is -2.98. The van der Waals surface area contributed by atoms with E-state index in [1.807, 2.05) is 42.8 Å². The number of para-hydroxylation sites is 1. The number of ether oxygens (including phenoxy) is 1. The maximum atomic E-state index is 12.6. The van der Waals surface area contributed by atoms with E-state index in [-0.39, 0.29) is 30.1 Å². The van der Waals surface area contributed by atoms with Gasteiger partial charge in [0.2, 0.25) is 0 Å². The molecule has 1 fully saturated rings. The molecule has 1 aromatic heterocycles. The minimum Gasteiger partial charge on any atom is -0.483 e. The molecule has 0 unspecified atom stereocenters. The molecule has 0 radical (unpaired) electrons. The van der Waals surface area contributed by atoms with Gasteiger partial charge in [-0.1, -0.05) is 25.1 Å². The van der Waals surface area contributed by atoms with Crippen molar-refractivity contribution in [2.24, 2.45) is 0 Å². The highest BCUT2D eigenvalue weighted by Gasteiger charge is 2.31. The smallest absolute Gasteiger partial charge is 0.260 e. The monoisotopic (exact) mass is 419 g/mol. The molecule has 0 bridgehead atoms. The Balaban J connectivity index is 1.66. The van der Waals surface area contributed by atoms with Crippen LogP contribution >= 0.6 is 0 Å². The van der Waals surface area contributed by atoms with E-state index in [0.29, 0.717) is 13.0 Å². The van der Waals surface area contributed by atoms with E-state index in [9.17, 15) is 13.2 Å². The Morgan fingerprint density at radius 1 is 1.31 bits per heavy atom. The van der Waals surface area contributed by atoms with E-state index < -0.39 is 9.84 Å². The summed E-state index contributed by atoms with van der Waals surface area (Å²) in [6.45, 7) is 6.27. The van der Waals surface area contributed by atoms with Crippen LogP contribution in [0.2, 0.25) is 0 Å². The van der Waals surface area contributed by atoms with E-state index in [1.54, 1.807) is 11.9 Å². The second kappa shape index (κ2) is 8.57. The van der Waals surface area contributed by atoms with Crippen molar-refractivity contribution in [2.75, 3.05) is 25.2 Å². The first-order chi connectivity index (χ1) is 13.7. The van der Waals surface area contributed by atoms with Crippen LogP contribution < -0.4 is 4.74 Å². The molecular weight excluding hydrogens is 390 g/mol. The molecule has 0 saturated carbocycles. The van der Waals surface area contributed by atoms with Crippen molar-refractivity contribution in [3.05, 3.63) is 46.8 Å². The number of rotatable bonds is 7. The number of amides is 1. The maximum absolute atomic E-state index is 12.6. The number of likely N-dealkylation sites (N-methyl/N-ethyl adjacent to an activating group) is 1. The van der Waals surface area contributed by atoms with E-state index >= 15 is 0 Å². The highest BCUT2D eigenvalue weighted by atomic mass is 32.2. The highest BCUT2D eigenvalue weighted by Crippen LogP contribution is 2.27.